The molecule has 1 amide bonds. The number of nitrogens with zero attached hydrogens (tertiary/aromatic N) is 3. The van der Waals surface area contributed by atoms with Gasteiger partial charge in [0, 0.05) is 37.1 Å². The van der Waals surface area contributed by atoms with E-state index < -0.39 is 10.0 Å². The number of rotatable bonds is 6. The molecule has 0 aliphatic carbocycles. The van der Waals surface area contributed by atoms with Crippen LogP contribution in [0.2, 0.25) is 0 Å². The number of amides is 1. The Kier molecular flexibility index (Phi) is 6.49. The van der Waals surface area contributed by atoms with Gasteiger partial charge in [-0.15, -0.1) is 11.3 Å². The van der Waals surface area contributed by atoms with Crippen LogP contribution in [0.25, 0.3) is 11.3 Å². The number of piperazine rings is 1. The molecule has 0 spiro atoms. The van der Waals surface area contributed by atoms with E-state index in [0.717, 1.165) is 11.3 Å². The molecule has 0 bridgehead atoms. The Morgan fingerprint density at radius 2 is 1.89 bits per heavy atom. The van der Waals surface area contributed by atoms with E-state index in [9.17, 15) is 13.2 Å². The lowest BCUT2D eigenvalue weighted by molar-refractivity contribution is -0.117. The van der Waals surface area contributed by atoms with Crippen LogP contribution >= 0.6 is 11.3 Å². The molecule has 28 heavy (non-hydrogen) atoms. The Morgan fingerprint density at radius 3 is 2.54 bits per heavy atom. The van der Waals surface area contributed by atoms with Crippen LogP contribution in [0.5, 0.6) is 0 Å². The van der Waals surface area contributed by atoms with Gasteiger partial charge in [-0.1, -0.05) is 12.1 Å². The van der Waals surface area contributed by atoms with Crippen LogP contribution in [0.3, 0.4) is 0 Å². The molecule has 0 saturated carbocycles. The number of aryl methyl sites for hydroxylation is 2. The minimum Gasteiger partial charge on any atom is -0.301 e. The van der Waals surface area contributed by atoms with Gasteiger partial charge in [-0.25, -0.2) is 13.4 Å². The van der Waals surface area contributed by atoms with E-state index in [0.29, 0.717) is 31.3 Å². The molecule has 0 radical (unpaired) electrons. The summed E-state index contributed by atoms with van der Waals surface area (Å²) in [5, 5.41) is 5.37. The Morgan fingerprint density at radius 1 is 1.18 bits per heavy atom. The first-order chi connectivity index (χ1) is 13.3. The average Bonchev–Trinajstić information content (AvgIpc) is 3.12. The summed E-state index contributed by atoms with van der Waals surface area (Å²) in [7, 11) is -3.15. The van der Waals surface area contributed by atoms with Crippen LogP contribution in [0, 0.1) is 13.8 Å². The van der Waals surface area contributed by atoms with Gasteiger partial charge < -0.3 is 5.32 Å². The number of carbonyl (C=O) groups is 1. The van der Waals surface area contributed by atoms with Crippen LogP contribution < -0.4 is 5.32 Å². The van der Waals surface area contributed by atoms with Gasteiger partial charge in [-0.2, -0.15) is 4.31 Å². The van der Waals surface area contributed by atoms with Gasteiger partial charge in [0.05, 0.1) is 18.0 Å². The second-order valence-electron chi connectivity index (χ2n) is 6.96. The normalized spacial score (nSPS) is 16.2. The second-order valence-corrected chi connectivity index (χ2v) is 10.1. The maximum Gasteiger partial charge on any atom is 0.240 e. The number of sulfonamides is 1. The Labute approximate surface area is 170 Å². The van der Waals surface area contributed by atoms with Crippen molar-refractivity contribution in [3.8, 4) is 11.3 Å². The monoisotopic (exact) mass is 422 g/mol. The summed E-state index contributed by atoms with van der Waals surface area (Å²) in [6.45, 7) is 7.99. The van der Waals surface area contributed by atoms with Gasteiger partial charge in [0.2, 0.25) is 15.9 Å². The molecule has 0 atom stereocenters. The zero-order chi connectivity index (χ0) is 20.3. The van der Waals surface area contributed by atoms with E-state index in [-0.39, 0.29) is 18.2 Å². The van der Waals surface area contributed by atoms with Gasteiger partial charge >= 0.3 is 0 Å². The first kappa shape index (κ1) is 20.9. The van der Waals surface area contributed by atoms with Crippen LogP contribution in [0.15, 0.2) is 23.6 Å². The molecule has 1 aliphatic rings. The van der Waals surface area contributed by atoms with Crippen molar-refractivity contribution < 1.29 is 13.2 Å². The van der Waals surface area contributed by atoms with E-state index in [1.165, 1.54) is 26.8 Å². The topological polar surface area (TPSA) is 82.6 Å². The predicted molar refractivity (Wildman–Crippen MR) is 113 cm³/mol. The standard InChI is InChI=1S/C19H26N4O3S2/c1-4-28(25,26)23-9-7-22(8-10-23)12-18(24)21-19-20-17(13-27-19)16-6-5-14(2)15(3)11-16/h5-6,11,13H,4,7-10,12H2,1-3H3,(H,20,21,24). The largest absolute Gasteiger partial charge is 0.301 e. The van der Waals surface area contributed by atoms with Crippen molar-refractivity contribution in [1.29, 1.82) is 0 Å². The van der Waals surface area contributed by atoms with Gasteiger partial charge in [0.15, 0.2) is 5.13 Å². The minimum absolute atomic E-state index is 0.111. The van der Waals surface area contributed by atoms with Gasteiger partial charge in [-0.3, -0.25) is 9.69 Å². The molecule has 1 aromatic carbocycles. The fourth-order valence-corrected chi connectivity index (χ4v) is 4.90. The Hall–Kier alpha value is -1.81. The molecule has 1 aromatic heterocycles. The van der Waals surface area contributed by atoms with Gasteiger partial charge in [0.1, 0.15) is 0 Å². The third-order valence-corrected chi connectivity index (χ3v) is 7.65. The van der Waals surface area contributed by atoms with Crippen LogP contribution in [-0.2, 0) is 14.8 Å². The third kappa shape index (κ3) is 4.96. The summed E-state index contributed by atoms with van der Waals surface area (Å²) in [6, 6.07) is 6.20. The van der Waals surface area contributed by atoms with E-state index >= 15 is 0 Å². The van der Waals surface area contributed by atoms with Crippen LogP contribution in [0.1, 0.15) is 18.1 Å². The van der Waals surface area contributed by atoms with Crippen molar-refractivity contribution in [3.05, 3.63) is 34.7 Å². The van der Waals surface area contributed by atoms with Gasteiger partial charge in [-0.05, 0) is 38.0 Å². The second kappa shape index (κ2) is 8.69. The molecular formula is C19H26N4O3S2. The molecule has 0 unspecified atom stereocenters. The van der Waals surface area contributed by atoms with E-state index in [1.807, 2.05) is 16.3 Å². The predicted octanol–water partition coefficient (Wildman–Crippen LogP) is 2.33. The molecule has 7 nitrogen and oxygen atoms in total. The van der Waals surface area contributed by atoms with Gasteiger partial charge in [0.25, 0.3) is 0 Å². The molecule has 152 valence electrons. The molecule has 1 N–H and O–H groups in total. The summed E-state index contributed by atoms with van der Waals surface area (Å²) in [4.78, 5) is 18.8. The highest BCUT2D eigenvalue weighted by molar-refractivity contribution is 7.89. The number of hydrogen-bond acceptors (Lipinski definition) is 6. The SMILES string of the molecule is CCS(=O)(=O)N1CCN(CC(=O)Nc2nc(-c3ccc(C)c(C)c3)cs2)CC1. The van der Waals surface area contributed by atoms with Crippen molar-refractivity contribution in [3.63, 3.8) is 0 Å². The lowest BCUT2D eigenvalue weighted by Crippen LogP contribution is -2.50. The zero-order valence-electron chi connectivity index (χ0n) is 16.4. The lowest BCUT2D eigenvalue weighted by Gasteiger charge is -2.33. The molecule has 2 heterocycles. The molecule has 9 heteroatoms. The van der Waals surface area contributed by atoms with Crippen LogP contribution in [0.4, 0.5) is 5.13 Å². The fourth-order valence-electron chi connectivity index (χ4n) is 3.07. The highest BCUT2D eigenvalue weighted by atomic mass is 32.2. The summed E-state index contributed by atoms with van der Waals surface area (Å²) in [5.41, 5.74) is 4.33. The first-order valence-corrected chi connectivity index (χ1v) is 11.8. The maximum atomic E-state index is 12.3. The minimum atomic E-state index is -3.15. The molecule has 1 saturated heterocycles. The van der Waals surface area contributed by atoms with E-state index in [2.05, 4.69) is 36.3 Å². The molecule has 3 rings (SSSR count). The zero-order valence-corrected chi connectivity index (χ0v) is 18.1. The summed E-state index contributed by atoms with van der Waals surface area (Å²) >= 11 is 1.40. The Bertz CT molecular complexity index is 948. The third-order valence-electron chi connectivity index (χ3n) is 5.01. The van der Waals surface area contributed by atoms with Crippen molar-refractivity contribution in [2.24, 2.45) is 0 Å². The number of thiazole rings is 1. The average molecular weight is 423 g/mol. The lowest BCUT2D eigenvalue weighted by atomic mass is 10.1. The number of carbonyl (C=O) groups excluding carboxylic acids is 1. The smallest absolute Gasteiger partial charge is 0.240 e. The molecular weight excluding hydrogens is 396 g/mol. The van der Waals surface area contributed by atoms with Crippen molar-refractivity contribution >= 4 is 32.4 Å². The highest BCUT2D eigenvalue weighted by Crippen LogP contribution is 2.26. The van der Waals surface area contributed by atoms with Crippen molar-refractivity contribution in [2.75, 3.05) is 43.8 Å². The van der Waals surface area contributed by atoms with Crippen molar-refractivity contribution in [2.45, 2.75) is 20.8 Å². The summed E-state index contributed by atoms with van der Waals surface area (Å²) in [5.74, 6) is -0.0202. The molecule has 1 fully saturated rings. The number of benzene rings is 1. The number of nitrogens with one attached hydrogen (secondary N) is 1. The highest BCUT2D eigenvalue weighted by Gasteiger charge is 2.26. The first-order valence-electron chi connectivity index (χ1n) is 9.31. The molecule has 2 aromatic rings. The number of anilines is 1. The maximum absolute atomic E-state index is 12.3. The van der Waals surface area contributed by atoms with Crippen LogP contribution in [-0.4, -0.2) is 67.0 Å². The van der Waals surface area contributed by atoms with E-state index in [1.54, 1.807) is 6.92 Å². The van der Waals surface area contributed by atoms with E-state index in [4.69, 9.17) is 0 Å². The summed E-state index contributed by atoms with van der Waals surface area (Å²) in [6.07, 6.45) is 0. The summed E-state index contributed by atoms with van der Waals surface area (Å²) < 4.78 is 25.3. The Balaban J connectivity index is 1.53. The molecule has 1 aliphatic heterocycles. The number of aromatic nitrogens is 1. The van der Waals surface area contributed by atoms with Crippen molar-refractivity contribution in [1.82, 2.24) is 14.2 Å². The quantitative estimate of drug-likeness (QED) is 0.773. The number of hydrogen-bond donors (Lipinski definition) is 1. The fraction of sp³-hybridized carbons (Fsp3) is 0.474.